The molecule has 4 heterocycles. The predicted molar refractivity (Wildman–Crippen MR) is 154 cm³/mol. The fourth-order valence-corrected chi connectivity index (χ4v) is 5.04. The topological polar surface area (TPSA) is 120 Å². The standard InChI is InChI=1S/C29H36N8O3/c1-29(2,3)40-28(39)36-18-20(19-36)9-10-37-25(38)8-5-21-17-31-27(33-26(21)37)32-23-6-7-24(22(15-23)16-30)35-13-11-34(4)12-14-35/h5-8,15,17,20H,9-14,18-19H2,1-4H3,(H,31,32,33). The Morgan fingerprint density at radius 2 is 1.90 bits per heavy atom. The first kappa shape index (κ1) is 27.4. The Bertz CT molecular complexity index is 1490. The van der Waals surface area contributed by atoms with Gasteiger partial charge >= 0.3 is 6.09 Å². The van der Waals surface area contributed by atoms with E-state index in [4.69, 9.17) is 4.74 Å². The molecule has 2 aliphatic rings. The summed E-state index contributed by atoms with van der Waals surface area (Å²) in [5.41, 5.74) is 2.11. The minimum absolute atomic E-state index is 0.135. The number of hydrogen-bond donors (Lipinski definition) is 1. The number of nitriles is 1. The van der Waals surface area contributed by atoms with E-state index < -0.39 is 5.60 Å². The minimum Gasteiger partial charge on any atom is -0.444 e. The Balaban J connectivity index is 1.28. The molecule has 0 radical (unpaired) electrons. The maximum Gasteiger partial charge on any atom is 0.410 e. The molecule has 40 heavy (non-hydrogen) atoms. The number of fused-ring (bicyclic) bond motifs is 1. The summed E-state index contributed by atoms with van der Waals surface area (Å²) < 4.78 is 7.10. The first-order valence-corrected chi connectivity index (χ1v) is 13.7. The number of carbonyl (C=O) groups excluding carboxylic acids is 1. The smallest absolute Gasteiger partial charge is 0.410 e. The second-order valence-corrected chi connectivity index (χ2v) is 11.6. The number of hydrogen-bond acceptors (Lipinski definition) is 9. The van der Waals surface area contributed by atoms with E-state index in [2.05, 4.69) is 38.2 Å². The number of nitrogens with one attached hydrogen (secondary N) is 1. The van der Waals surface area contributed by atoms with E-state index in [0.29, 0.717) is 42.5 Å². The largest absolute Gasteiger partial charge is 0.444 e. The van der Waals surface area contributed by atoms with E-state index >= 15 is 0 Å². The summed E-state index contributed by atoms with van der Waals surface area (Å²) in [7, 11) is 2.10. The molecule has 210 valence electrons. The number of ether oxygens (including phenoxy) is 1. The van der Waals surface area contributed by atoms with Gasteiger partial charge in [-0.05, 0) is 64.4 Å². The summed E-state index contributed by atoms with van der Waals surface area (Å²) in [6.07, 6.45) is 2.13. The van der Waals surface area contributed by atoms with E-state index in [-0.39, 0.29) is 17.6 Å². The van der Waals surface area contributed by atoms with Crippen LogP contribution in [0.2, 0.25) is 0 Å². The van der Waals surface area contributed by atoms with Crippen LogP contribution < -0.4 is 15.8 Å². The summed E-state index contributed by atoms with van der Waals surface area (Å²) in [5, 5.41) is 13.8. The number of nitrogens with zero attached hydrogens (tertiary/aromatic N) is 7. The van der Waals surface area contributed by atoms with Gasteiger partial charge in [-0.25, -0.2) is 9.78 Å². The highest BCUT2D eigenvalue weighted by Crippen LogP contribution is 2.27. The molecular weight excluding hydrogens is 508 g/mol. The van der Waals surface area contributed by atoms with Gasteiger partial charge in [0.1, 0.15) is 17.3 Å². The third-order valence-corrected chi connectivity index (χ3v) is 7.31. The van der Waals surface area contributed by atoms with Crippen LogP contribution >= 0.6 is 0 Å². The molecule has 3 aromatic rings. The molecule has 2 aliphatic heterocycles. The number of pyridine rings is 1. The summed E-state index contributed by atoms with van der Waals surface area (Å²) in [4.78, 5) is 40.3. The molecule has 0 spiro atoms. The Kier molecular flexibility index (Phi) is 7.63. The van der Waals surface area contributed by atoms with Gasteiger partial charge in [0.25, 0.3) is 5.56 Å². The lowest BCUT2D eigenvalue weighted by Gasteiger charge is -2.39. The number of carbonyl (C=O) groups is 1. The van der Waals surface area contributed by atoms with Crippen molar-refractivity contribution in [3.05, 3.63) is 52.4 Å². The third-order valence-electron chi connectivity index (χ3n) is 7.31. The molecule has 2 aromatic heterocycles. The molecule has 1 amide bonds. The van der Waals surface area contributed by atoms with Gasteiger partial charge in [-0.1, -0.05) is 0 Å². The van der Waals surface area contributed by atoms with E-state index in [9.17, 15) is 14.9 Å². The van der Waals surface area contributed by atoms with Crippen molar-refractivity contribution in [2.45, 2.75) is 39.3 Å². The van der Waals surface area contributed by atoms with Crippen molar-refractivity contribution in [3.63, 3.8) is 0 Å². The van der Waals surface area contributed by atoms with E-state index in [1.165, 1.54) is 6.07 Å². The summed E-state index contributed by atoms with van der Waals surface area (Å²) in [6, 6.07) is 11.3. The van der Waals surface area contributed by atoms with E-state index in [1.807, 2.05) is 39.0 Å². The average Bonchev–Trinajstić information content (AvgIpc) is 2.88. The van der Waals surface area contributed by atoms with Crippen LogP contribution in [0, 0.1) is 17.2 Å². The molecule has 2 fully saturated rings. The lowest BCUT2D eigenvalue weighted by atomic mass is 9.97. The minimum atomic E-state index is -0.521. The summed E-state index contributed by atoms with van der Waals surface area (Å²) >= 11 is 0. The van der Waals surface area contributed by atoms with Gasteiger partial charge in [0.05, 0.1) is 11.3 Å². The first-order chi connectivity index (χ1) is 19.1. The molecule has 11 heteroatoms. The maximum atomic E-state index is 12.8. The third kappa shape index (κ3) is 6.18. The fraction of sp³-hybridized carbons (Fsp3) is 0.483. The number of anilines is 3. The highest BCUT2D eigenvalue weighted by molar-refractivity contribution is 5.76. The van der Waals surface area contributed by atoms with Crippen LogP contribution in [0.5, 0.6) is 0 Å². The van der Waals surface area contributed by atoms with Gasteiger partial charge in [0.15, 0.2) is 0 Å². The van der Waals surface area contributed by atoms with Crippen LogP contribution in [0.4, 0.5) is 22.1 Å². The Hall–Kier alpha value is -4.17. The summed E-state index contributed by atoms with van der Waals surface area (Å²) in [5.74, 6) is 0.639. The molecule has 11 nitrogen and oxygen atoms in total. The van der Waals surface area contributed by atoms with Crippen LogP contribution in [0.3, 0.4) is 0 Å². The first-order valence-electron chi connectivity index (χ1n) is 13.7. The molecule has 0 unspecified atom stereocenters. The van der Waals surface area contributed by atoms with E-state index in [1.54, 1.807) is 21.7 Å². The van der Waals surface area contributed by atoms with E-state index in [0.717, 1.165) is 43.7 Å². The number of aryl methyl sites for hydroxylation is 1. The number of likely N-dealkylation sites (tertiary alicyclic amines) is 1. The highest BCUT2D eigenvalue weighted by Gasteiger charge is 2.33. The Labute approximate surface area is 234 Å². The van der Waals surface area contributed by atoms with Crippen molar-refractivity contribution < 1.29 is 9.53 Å². The molecule has 0 bridgehead atoms. The zero-order valence-corrected chi connectivity index (χ0v) is 23.6. The maximum absolute atomic E-state index is 12.8. The van der Waals surface area contributed by atoms with Crippen LogP contribution in [-0.2, 0) is 11.3 Å². The molecule has 0 atom stereocenters. The predicted octanol–water partition coefficient (Wildman–Crippen LogP) is 3.42. The zero-order valence-electron chi connectivity index (χ0n) is 23.6. The summed E-state index contributed by atoms with van der Waals surface area (Å²) in [6.45, 7) is 10.9. The average molecular weight is 545 g/mol. The SMILES string of the molecule is CN1CCN(c2ccc(Nc3ncc4ccc(=O)n(CCC5CN(C(=O)OC(C)(C)C)C5)c4n3)cc2C#N)CC1. The Morgan fingerprint density at radius 1 is 1.15 bits per heavy atom. The molecule has 5 rings (SSSR count). The van der Waals surface area contributed by atoms with Crippen molar-refractivity contribution in [3.8, 4) is 6.07 Å². The number of piperazine rings is 1. The van der Waals surface area contributed by atoms with Gasteiger partial charge in [-0.3, -0.25) is 9.36 Å². The monoisotopic (exact) mass is 544 g/mol. The van der Waals surface area contributed by atoms with Gasteiger partial charge in [0, 0.05) is 69.2 Å². The molecule has 0 aliphatic carbocycles. The molecule has 1 aromatic carbocycles. The van der Waals surface area contributed by atoms with Crippen molar-refractivity contribution >= 4 is 34.4 Å². The van der Waals surface area contributed by atoms with Gasteiger partial charge in [-0.15, -0.1) is 0 Å². The quantitative estimate of drug-likeness (QED) is 0.498. The second-order valence-electron chi connectivity index (χ2n) is 11.6. The Morgan fingerprint density at radius 3 is 2.60 bits per heavy atom. The lowest BCUT2D eigenvalue weighted by Crippen LogP contribution is -2.51. The number of rotatable bonds is 6. The van der Waals surface area contributed by atoms with Crippen molar-refractivity contribution in [2.75, 3.05) is 56.5 Å². The molecule has 1 N–H and O–H groups in total. The fourth-order valence-electron chi connectivity index (χ4n) is 5.04. The zero-order chi connectivity index (χ0) is 28.4. The molecular formula is C29H36N8O3. The van der Waals surface area contributed by atoms with Crippen LogP contribution in [0.1, 0.15) is 32.8 Å². The number of aromatic nitrogens is 3. The van der Waals surface area contributed by atoms with Crippen molar-refractivity contribution in [2.24, 2.45) is 5.92 Å². The van der Waals surface area contributed by atoms with Gasteiger partial charge in [-0.2, -0.15) is 10.2 Å². The normalized spacial score (nSPS) is 16.5. The van der Waals surface area contributed by atoms with Crippen molar-refractivity contribution in [1.29, 1.82) is 5.26 Å². The number of amides is 1. The van der Waals surface area contributed by atoms with Crippen LogP contribution in [-0.4, -0.2) is 82.3 Å². The second kappa shape index (κ2) is 11.1. The number of benzene rings is 1. The number of likely N-dealkylation sites (N-methyl/N-ethyl adjacent to an activating group) is 1. The highest BCUT2D eigenvalue weighted by atomic mass is 16.6. The molecule has 2 saturated heterocycles. The van der Waals surface area contributed by atoms with Crippen LogP contribution in [0.25, 0.3) is 11.0 Å². The van der Waals surface area contributed by atoms with Crippen LogP contribution in [0.15, 0.2) is 41.3 Å². The lowest BCUT2D eigenvalue weighted by molar-refractivity contribution is -0.00265. The van der Waals surface area contributed by atoms with Gasteiger partial charge < -0.3 is 24.8 Å². The van der Waals surface area contributed by atoms with Crippen molar-refractivity contribution in [1.82, 2.24) is 24.3 Å². The molecule has 0 saturated carbocycles. The van der Waals surface area contributed by atoms with Gasteiger partial charge in [0.2, 0.25) is 5.95 Å².